The molecule has 0 amide bonds. The quantitative estimate of drug-likeness (QED) is 0.864. The van der Waals surface area contributed by atoms with E-state index in [-0.39, 0.29) is 17.0 Å². The fourth-order valence-electron chi connectivity index (χ4n) is 1.97. The van der Waals surface area contributed by atoms with E-state index in [1.165, 1.54) is 7.11 Å². The van der Waals surface area contributed by atoms with E-state index in [2.05, 4.69) is 20.0 Å². The summed E-state index contributed by atoms with van der Waals surface area (Å²) in [5, 5.41) is 12.1. The number of aromatic nitrogens is 2. The predicted octanol–water partition coefficient (Wildman–Crippen LogP) is 2.40. The van der Waals surface area contributed by atoms with Crippen LogP contribution >= 0.6 is 0 Å². The van der Waals surface area contributed by atoms with Crippen molar-refractivity contribution < 1.29 is 13.9 Å². The molecular weight excluding hydrogens is 272 g/mol. The van der Waals surface area contributed by atoms with E-state index in [1.807, 2.05) is 26.0 Å². The standard InChI is InChI=1S/C14H14N4O3/c1-7-5-8(2)17-14(16-7)18-12-10(6-15)11(9(3)21-12)13(19)20-4/h5H,1-4H3,(H,16,17,18). The van der Waals surface area contributed by atoms with Gasteiger partial charge < -0.3 is 9.15 Å². The molecule has 0 radical (unpaired) electrons. The smallest absolute Gasteiger partial charge is 0.342 e. The number of anilines is 2. The summed E-state index contributed by atoms with van der Waals surface area (Å²) in [6.07, 6.45) is 0. The van der Waals surface area contributed by atoms with Crippen LogP contribution < -0.4 is 5.32 Å². The van der Waals surface area contributed by atoms with E-state index in [1.54, 1.807) is 6.92 Å². The number of rotatable bonds is 3. The third kappa shape index (κ3) is 2.84. The summed E-state index contributed by atoms with van der Waals surface area (Å²) in [7, 11) is 1.25. The van der Waals surface area contributed by atoms with Crippen molar-refractivity contribution in [2.75, 3.05) is 12.4 Å². The van der Waals surface area contributed by atoms with Gasteiger partial charge in [0, 0.05) is 11.4 Å². The van der Waals surface area contributed by atoms with Gasteiger partial charge in [0.2, 0.25) is 11.8 Å². The summed E-state index contributed by atoms with van der Waals surface area (Å²) in [5.74, 6) is 0.0991. The number of carbonyl (C=O) groups is 1. The topological polar surface area (TPSA) is 101 Å². The number of nitrogens with one attached hydrogen (secondary N) is 1. The van der Waals surface area contributed by atoms with Crippen LogP contribution in [-0.2, 0) is 4.74 Å². The molecule has 0 aliphatic rings. The zero-order valence-corrected chi connectivity index (χ0v) is 12.1. The second kappa shape index (κ2) is 5.63. The lowest BCUT2D eigenvalue weighted by atomic mass is 10.1. The van der Waals surface area contributed by atoms with Crippen LogP contribution in [-0.4, -0.2) is 23.0 Å². The molecule has 0 aliphatic carbocycles. The van der Waals surface area contributed by atoms with Gasteiger partial charge in [-0.1, -0.05) is 0 Å². The number of nitriles is 1. The van der Waals surface area contributed by atoms with Gasteiger partial charge in [-0.15, -0.1) is 0 Å². The van der Waals surface area contributed by atoms with Crippen LogP contribution in [0.5, 0.6) is 0 Å². The van der Waals surface area contributed by atoms with Crippen molar-refractivity contribution in [3.05, 3.63) is 34.3 Å². The maximum Gasteiger partial charge on any atom is 0.342 e. The van der Waals surface area contributed by atoms with Crippen LogP contribution in [0.15, 0.2) is 10.5 Å². The molecule has 0 unspecified atom stereocenters. The second-order valence-corrected chi connectivity index (χ2v) is 4.44. The Morgan fingerprint density at radius 1 is 1.33 bits per heavy atom. The molecule has 7 heteroatoms. The fourth-order valence-corrected chi connectivity index (χ4v) is 1.97. The van der Waals surface area contributed by atoms with Gasteiger partial charge in [-0.2, -0.15) is 5.26 Å². The normalized spacial score (nSPS) is 10.0. The first-order valence-electron chi connectivity index (χ1n) is 6.17. The minimum atomic E-state index is -0.623. The Morgan fingerprint density at radius 2 is 1.95 bits per heavy atom. The molecule has 0 aromatic carbocycles. The van der Waals surface area contributed by atoms with Gasteiger partial charge in [-0.05, 0) is 26.8 Å². The number of hydrogen-bond donors (Lipinski definition) is 1. The van der Waals surface area contributed by atoms with Crippen molar-refractivity contribution in [1.82, 2.24) is 9.97 Å². The number of aryl methyl sites for hydroxylation is 3. The van der Waals surface area contributed by atoms with E-state index in [0.717, 1.165) is 11.4 Å². The summed E-state index contributed by atoms with van der Waals surface area (Å²) in [4.78, 5) is 20.1. The minimum absolute atomic E-state index is 0.0714. The molecular formula is C14H14N4O3. The van der Waals surface area contributed by atoms with Gasteiger partial charge in [-0.3, -0.25) is 5.32 Å². The van der Waals surface area contributed by atoms with Crippen LogP contribution in [0.25, 0.3) is 0 Å². The second-order valence-electron chi connectivity index (χ2n) is 4.44. The highest BCUT2D eigenvalue weighted by molar-refractivity contribution is 5.95. The highest BCUT2D eigenvalue weighted by Crippen LogP contribution is 2.28. The molecule has 0 spiro atoms. The molecule has 21 heavy (non-hydrogen) atoms. The molecule has 2 aromatic heterocycles. The third-order valence-electron chi connectivity index (χ3n) is 2.79. The van der Waals surface area contributed by atoms with Crippen molar-refractivity contribution >= 4 is 17.8 Å². The third-order valence-corrected chi connectivity index (χ3v) is 2.79. The summed E-state index contributed by atoms with van der Waals surface area (Å²) in [6, 6.07) is 3.76. The van der Waals surface area contributed by atoms with Gasteiger partial charge in [0.05, 0.1) is 7.11 Å². The first kappa shape index (κ1) is 14.5. The Hall–Kier alpha value is -2.88. The summed E-state index contributed by atoms with van der Waals surface area (Å²) in [5.41, 5.74) is 1.73. The summed E-state index contributed by atoms with van der Waals surface area (Å²) >= 11 is 0. The number of esters is 1. The molecule has 0 bridgehead atoms. The first-order chi connectivity index (χ1) is 9.96. The zero-order chi connectivity index (χ0) is 15.6. The van der Waals surface area contributed by atoms with Crippen molar-refractivity contribution in [3.8, 4) is 6.07 Å². The van der Waals surface area contributed by atoms with Crippen LogP contribution in [0.4, 0.5) is 11.8 Å². The van der Waals surface area contributed by atoms with Gasteiger partial charge in [0.15, 0.2) is 0 Å². The minimum Gasteiger partial charge on any atom is -0.465 e. The molecule has 0 aliphatic heterocycles. The maximum atomic E-state index is 11.7. The molecule has 1 N–H and O–H groups in total. The Bertz CT molecular complexity index is 723. The highest BCUT2D eigenvalue weighted by Gasteiger charge is 2.24. The number of carbonyl (C=O) groups excluding carboxylic acids is 1. The fraction of sp³-hybridized carbons (Fsp3) is 0.286. The molecule has 2 rings (SSSR count). The molecule has 7 nitrogen and oxygen atoms in total. The molecule has 2 heterocycles. The summed E-state index contributed by atoms with van der Waals surface area (Å²) < 4.78 is 10.1. The Balaban J connectivity index is 2.46. The number of furan rings is 1. The van der Waals surface area contributed by atoms with E-state index in [9.17, 15) is 10.1 Å². The van der Waals surface area contributed by atoms with E-state index < -0.39 is 5.97 Å². The van der Waals surface area contributed by atoms with Crippen LogP contribution in [0.1, 0.15) is 33.1 Å². The number of ether oxygens (including phenoxy) is 1. The SMILES string of the molecule is COC(=O)c1c(C)oc(Nc2nc(C)cc(C)n2)c1C#N. The van der Waals surface area contributed by atoms with Crippen molar-refractivity contribution in [2.45, 2.75) is 20.8 Å². The van der Waals surface area contributed by atoms with Crippen LogP contribution in [0, 0.1) is 32.1 Å². The van der Waals surface area contributed by atoms with Crippen LogP contribution in [0.2, 0.25) is 0 Å². The lowest BCUT2D eigenvalue weighted by molar-refractivity contribution is 0.0598. The zero-order valence-electron chi connectivity index (χ0n) is 12.1. The summed E-state index contributed by atoms with van der Waals surface area (Å²) in [6.45, 7) is 5.25. The first-order valence-corrected chi connectivity index (χ1v) is 6.17. The molecule has 0 saturated heterocycles. The van der Waals surface area contributed by atoms with E-state index in [0.29, 0.717) is 11.7 Å². The lowest BCUT2D eigenvalue weighted by Gasteiger charge is -2.04. The van der Waals surface area contributed by atoms with Gasteiger partial charge in [0.25, 0.3) is 0 Å². The largest absolute Gasteiger partial charge is 0.465 e. The molecule has 2 aromatic rings. The Labute approximate surface area is 121 Å². The van der Waals surface area contributed by atoms with E-state index in [4.69, 9.17) is 4.42 Å². The number of hydrogen-bond acceptors (Lipinski definition) is 7. The number of nitrogens with zero attached hydrogens (tertiary/aromatic N) is 3. The highest BCUT2D eigenvalue weighted by atomic mass is 16.5. The Kier molecular flexibility index (Phi) is 3.89. The van der Waals surface area contributed by atoms with E-state index >= 15 is 0 Å². The molecule has 0 fully saturated rings. The van der Waals surface area contributed by atoms with Crippen LogP contribution in [0.3, 0.4) is 0 Å². The van der Waals surface area contributed by atoms with Gasteiger partial charge in [-0.25, -0.2) is 14.8 Å². The van der Waals surface area contributed by atoms with Crippen molar-refractivity contribution in [3.63, 3.8) is 0 Å². The van der Waals surface area contributed by atoms with Crippen molar-refractivity contribution in [1.29, 1.82) is 5.26 Å². The molecule has 108 valence electrons. The maximum absolute atomic E-state index is 11.7. The molecule has 0 saturated carbocycles. The Morgan fingerprint density at radius 3 is 2.48 bits per heavy atom. The van der Waals surface area contributed by atoms with Gasteiger partial charge in [0.1, 0.15) is 23.0 Å². The average Bonchev–Trinajstić information content (AvgIpc) is 2.72. The molecule has 0 atom stereocenters. The average molecular weight is 286 g/mol. The van der Waals surface area contributed by atoms with Gasteiger partial charge >= 0.3 is 5.97 Å². The van der Waals surface area contributed by atoms with Crippen molar-refractivity contribution in [2.24, 2.45) is 0 Å². The predicted molar refractivity (Wildman–Crippen MR) is 74.3 cm³/mol. The number of methoxy groups -OCH3 is 1. The lowest BCUT2D eigenvalue weighted by Crippen LogP contribution is -2.05. The monoisotopic (exact) mass is 286 g/mol.